The standard InChI is InChI=1S/C19H28N6O.HI/c1-3-20-19(21-12-17(26)15-6-4-14(2)5-7-15)25-10-8-16(9-11-25)18-22-13-23-24-18;/h4-7,13,16-17,26H,3,8-12H2,1-2H3,(H,20,21)(H,22,23,24);1H. The first-order valence-electron chi connectivity index (χ1n) is 9.30. The van der Waals surface area contributed by atoms with Gasteiger partial charge in [0.15, 0.2) is 5.96 Å². The van der Waals surface area contributed by atoms with E-state index >= 15 is 0 Å². The number of aliphatic hydroxyl groups is 1. The number of H-pyrrole nitrogens is 1. The van der Waals surface area contributed by atoms with Crippen molar-refractivity contribution >= 4 is 29.9 Å². The summed E-state index contributed by atoms with van der Waals surface area (Å²) in [5, 5.41) is 20.7. The largest absolute Gasteiger partial charge is 0.386 e. The van der Waals surface area contributed by atoms with Gasteiger partial charge in [0.05, 0.1) is 12.6 Å². The van der Waals surface area contributed by atoms with Gasteiger partial charge in [-0.25, -0.2) is 4.98 Å². The molecule has 1 aromatic carbocycles. The van der Waals surface area contributed by atoms with Gasteiger partial charge in [0, 0.05) is 25.6 Å². The number of aliphatic imine (C=N–C) groups is 1. The molecule has 7 nitrogen and oxygen atoms in total. The Bertz CT molecular complexity index is 695. The van der Waals surface area contributed by atoms with Gasteiger partial charge < -0.3 is 15.3 Å². The number of rotatable bonds is 5. The highest BCUT2D eigenvalue weighted by molar-refractivity contribution is 14.0. The van der Waals surface area contributed by atoms with E-state index in [1.165, 1.54) is 5.56 Å². The SMILES string of the molecule is CCNC(=NCC(O)c1ccc(C)cc1)N1CCC(c2ncn[nH]2)CC1.I. The van der Waals surface area contributed by atoms with Crippen LogP contribution in [0.1, 0.15) is 48.7 Å². The molecular weight excluding hydrogens is 455 g/mol. The van der Waals surface area contributed by atoms with Crippen molar-refractivity contribution in [1.29, 1.82) is 0 Å². The van der Waals surface area contributed by atoms with Crippen LogP contribution in [0, 0.1) is 6.92 Å². The Labute approximate surface area is 177 Å². The van der Waals surface area contributed by atoms with Crippen molar-refractivity contribution in [2.75, 3.05) is 26.2 Å². The van der Waals surface area contributed by atoms with Gasteiger partial charge in [-0.05, 0) is 32.3 Å². The molecule has 1 unspecified atom stereocenters. The molecule has 0 saturated carbocycles. The van der Waals surface area contributed by atoms with Crippen molar-refractivity contribution in [3.05, 3.63) is 47.5 Å². The van der Waals surface area contributed by atoms with Gasteiger partial charge in [-0.15, -0.1) is 24.0 Å². The number of aryl methyl sites for hydroxylation is 1. The number of nitrogens with zero attached hydrogens (tertiary/aromatic N) is 4. The third-order valence-corrected chi connectivity index (χ3v) is 4.83. The van der Waals surface area contributed by atoms with Crippen molar-refractivity contribution < 1.29 is 5.11 Å². The number of hydrogen-bond acceptors (Lipinski definition) is 4. The van der Waals surface area contributed by atoms with E-state index in [1.807, 2.05) is 31.2 Å². The molecule has 1 fully saturated rings. The van der Waals surface area contributed by atoms with Gasteiger partial charge in [0.1, 0.15) is 12.2 Å². The molecule has 0 bridgehead atoms. The zero-order chi connectivity index (χ0) is 18.4. The molecule has 1 atom stereocenters. The van der Waals surface area contributed by atoms with E-state index in [0.29, 0.717) is 12.5 Å². The fourth-order valence-electron chi connectivity index (χ4n) is 3.27. The molecular formula is C19H29IN6O. The van der Waals surface area contributed by atoms with Gasteiger partial charge in [0.25, 0.3) is 0 Å². The number of halogens is 1. The lowest BCUT2D eigenvalue weighted by Crippen LogP contribution is -2.45. The Morgan fingerprint density at radius 2 is 2.04 bits per heavy atom. The number of likely N-dealkylation sites (tertiary alicyclic amines) is 1. The number of aromatic nitrogens is 3. The molecule has 8 heteroatoms. The molecule has 1 aromatic heterocycles. The van der Waals surface area contributed by atoms with E-state index in [9.17, 15) is 5.11 Å². The number of guanidine groups is 1. The second-order valence-corrected chi connectivity index (χ2v) is 6.75. The zero-order valence-corrected chi connectivity index (χ0v) is 18.3. The third-order valence-electron chi connectivity index (χ3n) is 4.83. The topological polar surface area (TPSA) is 89.4 Å². The van der Waals surface area contributed by atoms with Crippen molar-refractivity contribution in [2.45, 2.75) is 38.7 Å². The smallest absolute Gasteiger partial charge is 0.194 e. The van der Waals surface area contributed by atoms with Crippen LogP contribution >= 0.6 is 24.0 Å². The van der Waals surface area contributed by atoms with E-state index in [4.69, 9.17) is 0 Å². The summed E-state index contributed by atoms with van der Waals surface area (Å²) >= 11 is 0. The first kappa shape index (κ1) is 21.6. The van der Waals surface area contributed by atoms with Crippen LogP contribution in [0.3, 0.4) is 0 Å². The highest BCUT2D eigenvalue weighted by Crippen LogP contribution is 2.25. The molecule has 0 spiro atoms. The summed E-state index contributed by atoms with van der Waals surface area (Å²) in [4.78, 5) is 11.2. The molecule has 0 amide bonds. The quantitative estimate of drug-likeness (QED) is 0.345. The molecule has 0 radical (unpaired) electrons. The molecule has 1 saturated heterocycles. The first-order valence-corrected chi connectivity index (χ1v) is 9.30. The fraction of sp³-hybridized carbons (Fsp3) is 0.526. The Balaban J connectivity index is 0.00000261. The summed E-state index contributed by atoms with van der Waals surface area (Å²) in [6, 6.07) is 7.96. The lowest BCUT2D eigenvalue weighted by molar-refractivity contribution is 0.186. The maximum Gasteiger partial charge on any atom is 0.194 e. The lowest BCUT2D eigenvalue weighted by atomic mass is 9.96. The van der Waals surface area contributed by atoms with E-state index in [-0.39, 0.29) is 24.0 Å². The molecule has 2 aromatic rings. The Morgan fingerprint density at radius 1 is 1.33 bits per heavy atom. The van der Waals surface area contributed by atoms with E-state index in [0.717, 1.165) is 49.8 Å². The molecule has 3 N–H and O–H groups in total. The molecule has 148 valence electrons. The van der Waals surface area contributed by atoms with Crippen LogP contribution in [0.15, 0.2) is 35.6 Å². The monoisotopic (exact) mass is 484 g/mol. The highest BCUT2D eigenvalue weighted by atomic mass is 127. The number of benzene rings is 1. The average molecular weight is 484 g/mol. The summed E-state index contributed by atoms with van der Waals surface area (Å²) < 4.78 is 0. The van der Waals surface area contributed by atoms with Crippen LogP contribution < -0.4 is 5.32 Å². The van der Waals surface area contributed by atoms with Crippen LogP contribution in [0.25, 0.3) is 0 Å². The molecule has 27 heavy (non-hydrogen) atoms. The summed E-state index contributed by atoms with van der Waals surface area (Å²) in [5.41, 5.74) is 2.09. The predicted octanol–water partition coefficient (Wildman–Crippen LogP) is 2.61. The zero-order valence-electron chi connectivity index (χ0n) is 15.9. The Kier molecular flexibility index (Phi) is 8.49. The summed E-state index contributed by atoms with van der Waals surface area (Å²) in [7, 11) is 0. The molecule has 1 aliphatic rings. The van der Waals surface area contributed by atoms with Crippen molar-refractivity contribution in [3.63, 3.8) is 0 Å². The Hall–Kier alpha value is -1.68. The van der Waals surface area contributed by atoms with Crippen LogP contribution in [0.4, 0.5) is 0 Å². The average Bonchev–Trinajstić information content (AvgIpc) is 3.20. The van der Waals surface area contributed by atoms with Crippen LogP contribution in [-0.4, -0.2) is 57.3 Å². The number of aromatic amines is 1. The number of nitrogens with one attached hydrogen (secondary N) is 2. The van der Waals surface area contributed by atoms with Crippen molar-refractivity contribution in [2.24, 2.45) is 4.99 Å². The van der Waals surface area contributed by atoms with Gasteiger partial charge in [-0.2, -0.15) is 5.10 Å². The molecule has 2 heterocycles. The number of aliphatic hydroxyl groups excluding tert-OH is 1. The van der Waals surface area contributed by atoms with Crippen LogP contribution in [0.5, 0.6) is 0 Å². The van der Waals surface area contributed by atoms with Gasteiger partial charge in [0.2, 0.25) is 0 Å². The Morgan fingerprint density at radius 3 is 2.63 bits per heavy atom. The second-order valence-electron chi connectivity index (χ2n) is 6.75. The molecule has 3 rings (SSSR count). The normalized spacial score (nSPS) is 16.7. The first-order chi connectivity index (χ1) is 12.7. The molecule has 0 aliphatic carbocycles. The summed E-state index contributed by atoms with van der Waals surface area (Å²) in [5.74, 6) is 2.27. The van der Waals surface area contributed by atoms with Crippen LogP contribution in [0.2, 0.25) is 0 Å². The van der Waals surface area contributed by atoms with E-state index < -0.39 is 6.10 Å². The minimum atomic E-state index is -0.587. The minimum Gasteiger partial charge on any atom is -0.386 e. The number of hydrogen-bond donors (Lipinski definition) is 3. The summed E-state index contributed by atoms with van der Waals surface area (Å²) in [6.45, 7) is 7.09. The van der Waals surface area contributed by atoms with E-state index in [1.54, 1.807) is 6.33 Å². The number of piperidine rings is 1. The predicted molar refractivity (Wildman–Crippen MR) is 117 cm³/mol. The minimum absolute atomic E-state index is 0. The molecule has 1 aliphatic heterocycles. The van der Waals surface area contributed by atoms with E-state index in [2.05, 4.69) is 37.3 Å². The van der Waals surface area contributed by atoms with Crippen molar-refractivity contribution in [3.8, 4) is 0 Å². The third kappa shape index (κ3) is 5.90. The summed E-state index contributed by atoms with van der Waals surface area (Å²) in [6.07, 6.45) is 3.01. The maximum atomic E-state index is 10.4. The van der Waals surface area contributed by atoms with Gasteiger partial charge >= 0.3 is 0 Å². The second kappa shape index (κ2) is 10.6. The lowest BCUT2D eigenvalue weighted by Gasteiger charge is -2.33. The van der Waals surface area contributed by atoms with Crippen LogP contribution in [-0.2, 0) is 0 Å². The highest BCUT2D eigenvalue weighted by Gasteiger charge is 2.24. The van der Waals surface area contributed by atoms with Gasteiger partial charge in [-0.1, -0.05) is 29.8 Å². The maximum absolute atomic E-state index is 10.4. The van der Waals surface area contributed by atoms with Crippen molar-refractivity contribution in [1.82, 2.24) is 25.4 Å². The van der Waals surface area contributed by atoms with Gasteiger partial charge in [-0.3, -0.25) is 10.1 Å². The fourth-order valence-corrected chi connectivity index (χ4v) is 3.27.